The zero-order valence-electron chi connectivity index (χ0n) is 15.8. The van der Waals surface area contributed by atoms with E-state index in [1.807, 2.05) is 13.1 Å². The van der Waals surface area contributed by atoms with Crippen LogP contribution in [0.1, 0.15) is 30.4 Å². The van der Waals surface area contributed by atoms with Crippen LogP contribution in [0.4, 0.5) is 13.2 Å². The summed E-state index contributed by atoms with van der Waals surface area (Å²) in [4.78, 5) is 14.7. The largest absolute Gasteiger partial charge is 0.741 e. The molecule has 4 atom stereocenters. The number of ketones is 1. The minimum absolute atomic E-state index is 0.00319. The van der Waals surface area contributed by atoms with Gasteiger partial charge in [0.15, 0.2) is 33.5 Å². The SMILES string of the molecule is CN1CC[C@]23c4c5ccc(O)c4O[C@H]2C(=O)CC[C@@]3(O)[C@H]1C5.O=S(=O)([O-])C(F)(F)F. The summed E-state index contributed by atoms with van der Waals surface area (Å²) in [6, 6.07) is 3.57. The van der Waals surface area contributed by atoms with Crippen LogP contribution in [0, 0.1) is 0 Å². The van der Waals surface area contributed by atoms with Crippen molar-refractivity contribution >= 4 is 15.9 Å². The summed E-state index contributed by atoms with van der Waals surface area (Å²) in [7, 11) is -4.05. The van der Waals surface area contributed by atoms with E-state index < -0.39 is 32.7 Å². The third-order valence-corrected chi connectivity index (χ3v) is 7.38. The third-order valence-electron chi connectivity index (χ3n) is 6.81. The second-order valence-electron chi connectivity index (χ2n) is 8.16. The normalized spacial score (nSPS) is 34.5. The van der Waals surface area contributed by atoms with Gasteiger partial charge in [-0.2, -0.15) is 13.2 Å². The number of ether oxygens (including phenoxy) is 1. The van der Waals surface area contributed by atoms with Crippen molar-refractivity contribution in [2.75, 3.05) is 13.6 Å². The number of carbonyl (C=O) groups is 1. The number of benzene rings is 1. The lowest BCUT2D eigenvalue weighted by molar-refractivity contribution is -0.185. The van der Waals surface area contributed by atoms with Gasteiger partial charge >= 0.3 is 5.51 Å². The summed E-state index contributed by atoms with van der Waals surface area (Å²) in [5.41, 5.74) is -5.28. The standard InChI is InChI=1S/C17H19NO4.CHF3O3S/c1-18-7-6-16-13-9-2-3-10(19)14(13)22-15(16)11(20)4-5-17(16,21)12(18)8-9;2-1(3,4)8(5,6)7/h2-3,12,15,19,21H,4-8H2,1H3;(H,5,6,7)/p-1/t12-,15+,16+,17-;/m1./s1. The first kappa shape index (κ1) is 21.3. The lowest BCUT2D eigenvalue weighted by Gasteiger charge is -2.61. The fourth-order valence-corrected chi connectivity index (χ4v) is 5.54. The maximum atomic E-state index is 12.5. The van der Waals surface area contributed by atoms with Crippen molar-refractivity contribution in [2.45, 2.75) is 54.4 Å². The van der Waals surface area contributed by atoms with Crippen LogP contribution in [0.2, 0.25) is 0 Å². The van der Waals surface area contributed by atoms with Crippen LogP contribution in [0.25, 0.3) is 0 Å². The lowest BCUT2D eigenvalue weighted by atomic mass is 9.49. The summed E-state index contributed by atoms with van der Waals surface area (Å²) in [6.07, 6.45) is 1.61. The monoisotopic (exact) mass is 450 g/mol. The molecule has 166 valence electrons. The molecule has 30 heavy (non-hydrogen) atoms. The summed E-state index contributed by atoms with van der Waals surface area (Å²) < 4.78 is 64.8. The van der Waals surface area contributed by atoms with Crippen molar-refractivity contribution < 1.29 is 45.9 Å². The predicted octanol–water partition coefficient (Wildman–Crippen LogP) is 0.797. The number of piperidine rings is 1. The molecule has 1 saturated heterocycles. The Hall–Kier alpha value is -1.89. The molecule has 0 amide bonds. The molecule has 1 aromatic carbocycles. The van der Waals surface area contributed by atoms with Crippen molar-refractivity contribution in [3.05, 3.63) is 23.3 Å². The van der Waals surface area contributed by atoms with Gasteiger partial charge in [-0.25, -0.2) is 8.42 Å². The van der Waals surface area contributed by atoms with Crippen LogP contribution in [0.5, 0.6) is 11.5 Å². The molecule has 5 rings (SSSR count). The maximum absolute atomic E-state index is 12.5. The molecule has 2 aliphatic heterocycles. The molecule has 8 nitrogen and oxygen atoms in total. The quantitative estimate of drug-likeness (QED) is 0.439. The topological polar surface area (TPSA) is 127 Å². The molecule has 2 fully saturated rings. The molecule has 1 saturated carbocycles. The number of phenolic OH excluding ortho intramolecular Hbond substituents is 1. The second-order valence-corrected chi connectivity index (χ2v) is 9.53. The van der Waals surface area contributed by atoms with Crippen LogP contribution in [0.3, 0.4) is 0 Å². The number of rotatable bonds is 0. The van der Waals surface area contributed by atoms with Gasteiger partial charge in [0, 0.05) is 18.0 Å². The highest BCUT2D eigenvalue weighted by molar-refractivity contribution is 7.86. The van der Waals surface area contributed by atoms with Crippen molar-refractivity contribution in [3.8, 4) is 11.5 Å². The minimum atomic E-state index is -6.09. The molecule has 2 aliphatic carbocycles. The van der Waals surface area contributed by atoms with Gasteiger partial charge in [0.2, 0.25) is 0 Å². The molecule has 0 radical (unpaired) electrons. The number of aromatic hydroxyl groups is 1. The van der Waals surface area contributed by atoms with Gasteiger partial charge in [-0.05, 0) is 44.5 Å². The van der Waals surface area contributed by atoms with E-state index in [4.69, 9.17) is 17.7 Å². The molecule has 2 bridgehead atoms. The van der Waals surface area contributed by atoms with Gasteiger partial charge < -0.3 is 24.4 Å². The summed E-state index contributed by atoms with van der Waals surface area (Å²) in [6.45, 7) is 0.828. The first-order valence-corrected chi connectivity index (χ1v) is 10.6. The Labute approximate surface area is 170 Å². The van der Waals surface area contributed by atoms with Gasteiger partial charge in [0.25, 0.3) is 0 Å². The van der Waals surface area contributed by atoms with Crippen LogP contribution < -0.4 is 4.74 Å². The van der Waals surface area contributed by atoms with E-state index in [0.717, 1.165) is 24.1 Å². The highest BCUT2D eigenvalue weighted by atomic mass is 32.2. The van der Waals surface area contributed by atoms with Gasteiger partial charge in [-0.1, -0.05) is 6.07 Å². The average molecular weight is 450 g/mol. The van der Waals surface area contributed by atoms with Crippen molar-refractivity contribution in [1.29, 1.82) is 0 Å². The number of carbonyl (C=O) groups excluding carboxylic acids is 1. The first-order chi connectivity index (χ1) is 13.7. The van der Waals surface area contributed by atoms with Crippen LogP contribution in [-0.2, 0) is 26.7 Å². The molecule has 2 heterocycles. The minimum Gasteiger partial charge on any atom is -0.741 e. The number of likely N-dealkylation sites (tertiary alicyclic amines) is 1. The molecular formula is C18H19F3NO7S-. The van der Waals surface area contributed by atoms with Crippen molar-refractivity contribution in [2.24, 2.45) is 0 Å². The fourth-order valence-electron chi connectivity index (χ4n) is 5.54. The molecule has 0 unspecified atom stereocenters. The lowest BCUT2D eigenvalue weighted by Crippen LogP contribution is -2.76. The first-order valence-electron chi connectivity index (χ1n) is 9.23. The number of aliphatic hydroxyl groups is 1. The zero-order valence-corrected chi connectivity index (χ0v) is 16.6. The number of likely N-dealkylation sites (N-methyl/N-ethyl adjacent to an activating group) is 1. The van der Waals surface area contributed by atoms with Crippen LogP contribution in [-0.4, -0.2) is 70.7 Å². The molecule has 12 heteroatoms. The molecule has 4 aliphatic rings. The third kappa shape index (κ3) is 2.63. The average Bonchev–Trinajstić information content (AvgIpc) is 2.98. The molecule has 0 aromatic heterocycles. The maximum Gasteiger partial charge on any atom is 0.485 e. The van der Waals surface area contributed by atoms with E-state index >= 15 is 0 Å². The second kappa shape index (κ2) is 6.31. The Balaban J connectivity index is 0.000000235. The molecule has 2 N–H and O–H groups in total. The highest BCUT2D eigenvalue weighted by Gasteiger charge is 2.72. The summed E-state index contributed by atoms with van der Waals surface area (Å²) in [5, 5.41) is 21.8. The summed E-state index contributed by atoms with van der Waals surface area (Å²) in [5.74, 6) is 0.561. The van der Waals surface area contributed by atoms with E-state index in [0.29, 0.717) is 25.0 Å². The molecular weight excluding hydrogens is 431 g/mol. The molecule has 1 spiro atoms. The Bertz CT molecular complexity index is 1030. The van der Waals surface area contributed by atoms with Gasteiger partial charge in [0.05, 0.1) is 11.0 Å². The predicted molar refractivity (Wildman–Crippen MR) is 93.9 cm³/mol. The van der Waals surface area contributed by atoms with E-state index in [2.05, 4.69) is 4.90 Å². The van der Waals surface area contributed by atoms with Crippen molar-refractivity contribution in [1.82, 2.24) is 4.90 Å². The number of halogens is 3. The Morgan fingerprint density at radius 3 is 2.53 bits per heavy atom. The van der Waals surface area contributed by atoms with Gasteiger partial charge in [-0.15, -0.1) is 0 Å². The van der Waals surface area contributed by atoms with Gasteiger partial charge in [0.1, 0.15) is 0 Å². The smallest absolute Gasteiger partial charge is 0.485 e. The summed E-state index contributed by atoms with van der Waals surface area (Å²) >= 11 is 0. The molecule has 1 aromatic rings. The fraction of sp³-hybridized carbons (Fsp3) is 0.611. The van der Waals surface area contributed by atoms with E-state index in [9.17, 15) is 28.2 Å². The van der Waals surface area contributed by atoms with E-state index in [-0.39, 0.29) is 17.6 Å². The number of Topliss-reactive ketones (excluding diaryl/α,β-unsaturated/α-hetero) is 1. The number of hydrogen-bond donors (Lipinski definition) is 2. The number of phenols is 1. The Morgan fingerprint density at radius 1 is 1.30 bits per heavy atom. The van der Waals surface area contributed by atoms with Crippen LogP contribution in [0.15, 0.2) is 12.1 Å². The highest BCUT2D eigenvalue weighted by Crippen LogP contribution is 2.64. The number of nitrogens with zero attached hydrogens (tertiary/aromatic N) is 1. The van der Waals surface area contributed by atoms with E-state index in [1.165, 1.54) is 0 Å². The van der Waals surface area contributed by atoms with Crippen LogP contribution >= 0.6 is 0 Å². The number of alkyl halides is 3. The number of hydrogen-bond acceptors (Lipinski definition) is 8. The van der Waals surface area contributed by atoms with Gasteiger partial charge in [-0.3, -0.25) is 4.79 Å². The zero-order chi connectivity index (χ0) is 22.3. The Kier molecular flexibility index (Phi) is 4.49. The Morgan fingerprint density at radius 2 is 1.93 bits per heavy atom. The van der Waals surface area contributed by atoms with E-state index in [1.54, 1.807) is 6.07 Å². The van der Waals surface area contributed by atoms with Crippen molar-refractivity contribution in [3.63, 3.8) is 0 Å².